The number of furan rings is 1. The van der Waals surface area contributed by atoms with Gasteiger partial charge in [-0.3, -0.25) is 0 Å². The Morgan fingerprint density at radius 3 is 2.48 bits per heavy atom. The standard InChI is InChI=1S/C16H12BrClO2S/c1-9-7-12(18)8-14-15(9)20-10(2)16(14)21(19)13-5-3-11(17)4-6-13/h3-8H,1-2H3/t21-/m0/s1. The molecule has 0 radical (unpaired) electrons. The van der Waals surface area contributed by atoms with Gasteiger partial charge < -0.3 is 4.42 Å². The molecular formula is C16H12BrClO2S. The first-order valence-corrected chi connectivity index (χ1v) is 8.66. The number of aryl methyl sites for hydroxylation is 2. The molecule has 1 aromatic heterocycles. The Kier molecular flexibility index (Phi) is 3.95. The smallest absolute Gasteiger partial charge is 0.138 e. The van der Waals surface area contributed by atoms with Crippen LogP contribution in [0.3, 0.4) is 0 Å². The van der Waals surface area contributed by atoms with Crippen LogP contribution in [-0.4, -0.2) is 4.21 Å². The Bertz CT molecular complexity index is 853. The molecule has 0 aliphatic heterocycles. The van der Waals surface area contributed by atoms with Gasteiger partial charge in [0.2, 0.25) is 0 Å². The third-order valence-electron chi connectivity index (χ3n) is 3.27. The molecule has 3 rings (SSSR count). The van der Waals surface area contributed by atoms with E-state index in [0.29, 0.717) is 15.7 Å². The van der Waals surface area contributed by atoms with Gasteiger partial charge in [-0.15, -0.1) is 0 Å². The van der Waals surface area contributed by atoms with Crippen molar-refractivity contribution in [1.82, 2.24) is 0 Å². The molecule has 2 nitrogen and oxygen atoms in total. The molecule has 0 aliphatic carbocycles. The third kappa shape index (κ3) is 2.68. The van der Waals surface area contributed by atoms with Crippen molar-refractivity contribution in [3.63, 3.8) is 0 Å². The van der Waals surface area contributed by atoms with Crippen LogP contribution in [0.4, 0.5) is 0 Å². The van der Waals surface area contributed by atoms with Crippen molar-refractivity contribution < 1.29 is 8.63 Å². The van der Waals surface area contributed by atoms with Gasteiger partial charge in [0.25, 0.3) is 0 Å². The molecule has 108 valence electrons. The maximum Gasteiger partial charge on any atom is 0.138 e. The minimum absolute atomic E-state index is 0.620. The molecule has 21 heavy (non-hydrogen) atoms. The molecule has 3 aromatic rings. The third-order valence-corrected chi connectivity index (χ3v) is 5.60. The summed E-state index contributed by atoms with van der Waals surface area (Å²) < 4.78 is 19.6. The van der Waals surface area contributed by atoms with Crippen LogP contribution in [0.1, 0.15) is 11.3 Å². The molecule has 0 unspecified atom stereocenters. The lowest BCUT2D eigenvalue weighted by molar-refractivity contribution is 0.564. The molecule has 0 saturated carbocycles. The molecule has 0 aliphatic rings. The summed E-state index contributed by atoms with van der Waals surface area (Å²) in [5, 5.41) is 1.44. The summed E-state index contributed by atoms with van der Waals surface area (Å²) >= 11 is 9.51. The van der Waals surface area contributed by atoms with Crippen LogP contribution in [-0.2, 0) is 10.8 Å². The fourth-order valence-corrected chi connectivity index (χ4v) is 4.14. The highest BCUT2D eigenvalue weighted by atomic mass is 79.9. The van der Waals surface area contributed by atoms with Crippen molar-refractivity contribution in [2.45, 2.75) is 23.6 Å². The van der Waals surface area contributed by atoms with Gasteiger partial charge in [-0.25, -0.2) is 4.21 Å². The molecule has 0 spiro atoms. The Morgan fingerprint density at radius 2 is 1.81 bits per heavy atom. The maximum atomic E-state index is 12.9. The highest BCUT2D eigenvalue weighted by Gasteiger charge is 2.20. The second kappa shape index (κ2) is 5.59. The second-order valence-corrected chi connectivity index (χ2v) is 7.58. The van der Waals surface area contributed by atoms with Crippen LogP contribution in [0.25, 0.3) is 11.0 Å². The average molecular weight is 384 g/mol. The first-order valence-electron chi connectivity index (χ1n) is 6.34. The second-order valence-electron chi connectivity index (χ2n) is 4.81. The highest BCUT2D eigenvalue weighted by molar-refractivity contribution is 9.10. The molecule has 1 atom stereocenters. The van der Waals surface area contributed by atoms with Crippen molar-refractivity contribution in [1.29, 1.82) is 0 Å². The summed E-state index contributed by atoms with van der Waals surface area (Å²) in [4.78, 5) is 1.43. The van der Waals surface area contributed by atoms with Crippen LogP contribution in [0.5, 0.6) is 0 Å². The van der Waals surface area contributed by atoms with Crippen molar-refractivity contribution in [3.8, 4) is 0 Å². The predicted molar refractivity (Wildman–Crippen MR) is 89.5 cm³/mol. The van der Waals surface area contributed by atoms with Gasteiger partial charge in [0.15, 0.2) is 0 Å². The SMILES string of the molecule is Cc1oc2c(C)cc(Cl)cc2c1[S@@](=O)c1ccc(Br)cc1. The van der Waals surface area contributed by atoms with Crippen molar-refractivity contribution in [2.24, 2.45) is 0 Å². The number of fused-ring (bicyclic) bond motifs is 1. The van der Waals surface area contributed by atoms with Crippen molar-refractivity contribution >= 4 is 49.3 Å². The van der Waals surface area contributed by atoms with Crippen molar-refractivity contribution in [3.05, 3.63) is 57.2 Å². The lowest BCUT2D eigenvalue weighted by atomic mass is 10.2. The Hall–Kier alpha value is -1.10. The van der Waals surface area contributed by atoms with Crippen LogP contribution in [0.15, 0.2) is 55.1 Å². The molecule has 0 bridgehead atoms. The number of hydrogen-bond donors (Lipinski definition) is 0. The number of benzene rings is 2. The Balaban J connectivity index is 2.22. The van der Waals surface area contributed by atoms with E-state index in [0.717, 1.165) is 25.9 Å². The van der Waals surface area contributed by atoms with Gasteiger partial charge >= 0.3 is 0 Å². The first-order chi connectivity index (χ1) is 9.97. The largest absolute Gasteiger partial charge is 0.460 e. The maximum absolute atomic E-state index is 12.9. The summed E-state index contributed by atoms with van der Waals surface area (Å²) in [5.74, 6) is 0.664. The first kappa shape index (κ1) is 14.8. The summed E-state index contributed by atoms with van der Waals surface area (Å²) in [6, 6.07) is 11.1. The zero-order valence-electron chi connectivity index (χ0n) is 11.4. The summed E-state index contributed by atoms with van der Waals surface area (Å²) in [5.41, 5.74) is 1.69. The predicted octanol–water partition coefficient (Wildman–Crippen LogP) is 5.63. The topological polar surface area (TPSA) is 30.2 Å². The van der Waals surface area contributed by atoms with Gasteiger partial charge in [0.1, 0.15) is 11.3 Å². The van der Waals surface area contributed by atoms with E-state index in [4.69, 9.17) is 16.0 Å². The molecular weight excluding hydrogens is 372 g/mol. The minimum atomic E-state index is -1.30. The molecule has 0 amide bonds. The Morgan fingerprint density at radius 1 is 1.14 bits per heavy atom. The van der Waals surface area contributed by atoms with E-state index in [2.05, 4.69) is 15.9 Å². The van der Waals surface area contributed by atoms with Gasteiger partial charge in [0, 0.05) is 19.8 Å². The highest BCUT2D eigenvalue weighted by Crippen LogP contribution is 2.35. The van der Waals surface area contributed by atoms with Gasteiger partial charge in [-0.1, -0.05) is 27.5 Å². The lowest BCUT2D eigenvalue weighted by Gasteiger charge is -2.02. The van der Waals surface area contributed by atoms with Crippen LogP contribution in [0, 0.1) is 13.8 Å². The molecule has 0 N–H and O–H groups in total. The van der Waals surface area contributed by atoms with Gasteiger partial charge in [-0.05, 0) is 55.8 Å². The monoisotopic (exact) mass is 382 g/mol. The van der Waals surface area contributed by atoms with Gasteiger partial charge in [0.05, 0.1) is 15.7 Å². The van der Waals surface area contributed by atoms with E-state index in [1.807, 2.05) is 50.2 Å². The molecule has 1 heterocycles. The van der Waals surface area contributed by atoms with E-state index in [1.165, 1.54) is 0 Å². The molecule has 0 saturated heterocycles. The summed E-state index contributed by atoms with van der Waals surface area (Å²) in [7, 11) is -1.30. The number of hydrogen-bond acceptors (Lipinski definition) is 2. The van der Waals surface area contributed by atoms with Crippen LogP contribution >= 0.6 is 27.5 Å². The van der Waals surface area contributed by atoms with E-state index in [1.54, 1.807) is 0 Å². The van der Waals surface area contributed by atoms with Crippen molar-refractivity contribution in [2.75, 3.05) is 0 Å². The number of halogens is 2. The van der Waals surface area contributed by atoms with E-state index < -0.39 is 10.8 Å². The van der Waals surface area contributed by atoms with Crippen LogP contribution in [0.2, 0.25) is 5.02 Å². The Labute approximate surface area is 138 Å². The number of rotatable bonds is 2. The zero-order valence-corrected chi connectivity index (χ0v) is 14.6. The average Bonchev–Trinajstić information content (AvgIpc) is 2.75. The molecule has 0 fully saturated rings. The summed E-state index contributed by atoms with van der Waals surface area (Å²) in [6.07, 6.45) is 0. The lowest BCUT2D eigenvalue weighted by Crippen LogP contribution is -1.93. The fraction of sp³-hybridized carbons (Fsp3) is 0.125. The normalized spacial score (nSPS) is 12.8. The van der Waals surface area contributed by atoms with Crippen LogP contribution < -0.4 is 0 Å². The quantitative estimate of drug-likeness (QED) is 0.574. The fourth-order valence-electron chi connectivity index (χ4n) is 2.33. The minimum Gasteiger partial charge on any atom is -0.460 e. The molecule has 5 heteroatoms. The van der Waals surface area contributed by atoms with Gasteiger partial charge in [-0.2, -0.15) is 0 Å². The van der Waals surface area contributed by atoms with E-state index in [-0.39, 0.29) is 0 Å². The summed E-state index contributed by atoms with van der Waals surface area (Å²) in [6.45, 7) is 3.77. The van der Waals surface area contributed by atoms with E-state index >= 15 is 0 Å². The van der Waals surface area contributed by atoms with E-state index in [9.17, 15) is 4.21 Å². The zero-order chi connectivity index (χ0) is 15.1. The molecule has 2 aromatic carbocycles.